The molecule has 0 aliphatic carbocycles. The third-order valence-electron chi connectivity index (χ3n) is 3.71. The van der Waals surface area contributed by atoms with E-state index in [1.165, 1.54) is 5.56 Å². The molecule has 3 aromatic rings. The minimum Gasteiger partial charge on any atom is -0.388 e. The molecule has 0 aliphatic heterocycles. The number of nitrogens with one attached hydrogen (secondary N) is 1. The molecule has 0 saturated carbocycles. The van der Waals surface area contributed by atoms with Gasteiger partial charge in [0.05, 0.1) is 11.2 Å². The van der Waals surface area contributed by atoms with Gasteiger partial charge in [-0.15, -0.1) is 0 Å². The minimum atomic E-state index is 0.963. The number of rotatable bonds is 5. The lowest BCUT2D eigenvalue weighted by Crippen LogP contribution is -1.86. The Labute approximate surface area is 142 Å². The molecule has 2 heteroatoms. The summed E-state index contributed by atoms with van der Waals surface area (Å²) in [6, 6.07) is 20.6. The van der Waals surface area contributed by atoms with E-state index in [1.54, 1.807) is 0 Å². The summed E-state index contributed by atoms with van der Waals surface area (Å²) < 4.78 is 0. The predicted octanol–water partition coefficient (Wildman–Crippen LogP) is 5.56. The molecule has 0 unspecified atom stereocenters. The topological polar surface area (TPSA) is 24.9 Å². The Morgan fingerprint density at radius 2 is 1.50 bits per heavy atom. The highest BCUT2D eigenvalue weighted by Crippen LogP contribution is 2.12. The van der Waals surface area contributed by atoms with Crippen LogP contribution >= 0.6 is 0 Å². The highest BCUT2D eigenvalue weighted by Gasteiger charge is 1.93. The SMILES string of the molecule is CNc1ccc(/C=C/C=C/C=C/c2ccc3ccccc3n2)cc1. The van der Waals surface area contributed by atoms with E-state index in [1.807, 2.05) is 61.7 Å². The van der Waals surface area contributed by atoms with Gasteiger partial charge in [0.1, 0.15) is 0 Å². The molecule has 0 bridgehead atoms. The van der Waals surface area contributed by atoms with E-state index < -0.39 is 0 Å². The molecule has 24 heavy (non-hydrogen) atoms. The Morgan fingerprint density at radius 3 is 2.29 bits per heavy atom. The molecule has 0 fully saturated rings. The summed E-state index contributed by atoms with van der Waals surface area (Å²) in [6.07, 6.45) is 12.2. The average molecular weight is 312 g/mol. The fraction of sp³-hybridized carbons (Fsp3) is 0.0455. The van der Waals surface area contributed by atoms with E-state index in [-0.39, 0.29) is 0 Å². The lowest BCUT2D eigenvalue weighted by Gasteiger charge is -1.98. The lowest BCUT2D eigenvalue weighted by molar-refractivity contribution is 1.37. The number of anilines is 1. The minimum absolute atomic E-state index is 0.963. The second-order valence-corrected chi connectivity index (χ2v) is 5.40. The molecule has 0 amide bonds. The molecule has 1 aromatic heterocycles. The summed E-state index contributed by atoms with van der Waals surface area (Å²) in [7, 11) is 1.92. The number of hydrogen-bond donors (Lipinski definition) is 1. The fourth-order valence-corrected chi connectivity index (χ4v) is 2.38. The van der Waals surface area contributed by atoms with Crippen molar-refractivity contribution in [1.29, 1.82) is 0 Å². The van der Waals surface area contributed by atoms with Crippen molar-refractivity contribution in [3.8, 4) is 0 Å². The number of pyridine rings is 1. The van der Waals surface area contributed by atoms with Crippen LogP contribution in [0.15, 0.2) is 85.0 Å². The Kier molecular flexibility index (Phi) is 5.21. The number of allylic oxidation sites excluding steroid dienone is 4. The Hall–Kier alpha value is -3.13. The molecule has 1 heterocycles. The van der Waals surface area contributed by atoms with Crippen LogP contribution in [0.4, 0.5) is 5.69 Å². The summed E-state index contributed by atoms with van der Waals surface area (Å²) >= 11 is 0. The highest BCUT2D eigenvalue weighted by molar-refractivity contribution is 5.79. The standard InChI is InChI=1S/C22H20N2/c1-23-20-15-12-18(13-16-20)8-4-2-3-5-10-21-17-14-19-9-6-7-11-22(19)24-21/h2-17,23H,1H3/b3-2+,8-4+,10-5+. The van der Waals surface area contributed by atoms with E-state index in [0.29, 0.717) is 0 Å². The highest BCUT2D eigenvalue weighted by atomic mass is 14.8. The zero-order valence-corrected chi connectivity index (χ0v) is 13.7. The van der Waals surface area contributed by atoms with Gasteiger partial charge in [-0.1, -0.05) is 66.8 Å². The van der Waals surface area contributed by atoms with Gasteiger partial charge in [0.25, 0.3) is 0 Å². The van der Waals surface area contributed by atoms with Gasteiger partial charge in [-0.2, -0.15) is 0 Å². The third kappa shape index (κ3) is 4.20. The van der Waals surface area contributed by atoms with E-state index in [9.17, 15) is 0 Å². The molecule has 0 atom stereocenters. The fourth-order valence-electron chi connectivity index (χ4n) is 2.38. The van der Waals surface area contributed by atoms with Gasteiger partial charge in [0, 0.05) is 18.1 Å². The van der Waals surface area contributed by atoms with Crippen molar-refractivity contribution in [2.75, 3.05) is 12.4 Å². The molecular weight excluding hydrogens is 292 g/mol. The van der Waals surface area contributed by atoms with Gasteiger partial charge < -0.3 is 5.32 Å². The first kappa shape index (κ1) is 15.8. The van der Waals surface area contributed by atoms with Crippen molar-refractivity contribution in [3.63, 3.8) is 0 Å². The maximum absolute atomic E-state index is 4.61. The van der Waals surface area contributed by atoms with Crippen molar-refractivity contribution in [2.45, 2.75) is 0 Å². The number of aromatic nitrogens is 1. The average Bonchev–Trinajstić information content (AvgIpc) is 2.65. The molecule has 118 valence electrons. The largest absolute Gasteiger partial charge is 0.388 e. The quantitative estimate of drug-likeness (QED) is 0.624. The van der Waals surface area contributed by atoms with Crippen molar-refractivity contribution >= 4 is 28.7 Å². The molecular formula is C22H20N2. The van der Waals surface area contributed by atoms with E-state index in [4.69, 9.17) is 0 Å². The maximum atomic E-state index is 4.61. The van der Waals surface area contributed by atoms with E-state index in [0.717, 1.165) is 22.3 Å². The molecule has 2 nitrogen and oxygen atoms in total. The second-order valence-electron chi connectivity index (χ2n) is 5.40. The predicted molar refractivity (Wildman–Crippen MR) is 105 cm³/mol. The summed E-state index contributed by atoms with van der Waals surface area (Å²) in [5, 5.41) is 4.28. The molecule has 1 N–H and O–H groups in total. The first-order valence-corrected chi connectivity index (χ1v) is 8.00. The molecule has 2 aromatic carbocycles. The van der Waals surface area contributed by atoms with E-state index in [2.05, 4.69) is 52.8 Å². The number of benzene rings is 2. The summed E-state index contributed by atoms with van der Waals surface area (Å²) in [4.78, 5) is 4.61. The molecule has 0 saturated heterocycles. The summed E-state index contributed by atoms with van der Waals surface area (Å²) in [5.74, 6) is 0. The van der Waals surface area contributed by atoms with Crippen molar-refractivity contribution < 1.29 is 0 Å². The van der Waals surface area contributed by atoms with Crippen LogP contribution in [0, 0.1) is 0 Å². The van der Waals surface area contributed by atoms with Gasteiger partial charge in [-0.05, 0) is 35.9 Å². The van der Waals surface area contributed by atoms with Gasteiger partial charge >= 0.3 is 0 Å². The lowest BCUT2D eigenvalue weighted by atomic mass is 10.2. The second kappa shape index (κ2) is 7.93. The smallest absolute Gasteiger partial charge is 0.0709 e. The van der Waals surface area contributed by atoms with Gasteiger partial charge in [0.2, 0.25) is 0 Å². The molecule has 0 aliphatic rings. The summed E-state index contributed by atoms with van der Waals surface area (Å²) in [5.41, 5.74) is 4.28. The van der Waals surface area contributed by atoms with Gasteiger partial charge in [-0.25, -0.2) is 4.98 Å². The van der Waals surface area contributed by atoms with E-state index >= 15 is 0 Å². The number of nitrogens with zero attached hydrogens (tertiary/aromatic N) is 1. The van der Waals surface area contributed by atoms with Crippen LogP contribution in [0.25, 0.3) is 23.1 Å². The zero-order chi connectivity index (χ0) is 16.6. The molecule has 0 spiro atoms. The van der Waals surface area contributed by atoms with Crippen LogP contribution < -0.4 is 5.32 Å². The third-order valence-corrected chi connectivity index (χ3v) is 3.71. The van der Waals surface area contributed by atoms with Crippen LogP contribution in [-0.4, -0.2) is 12.0 Å². The van der Waals surface area contributed by atoms with Crippen LogP contribution in [0.2, 0.25) is 0 Å². The Bertz CT molecular complexity index is 887. The first-order valence-electron chi connectivity index (χ1n) is 8.00. The van der Waals surface area contributed by atoms with Crippen molar-refractivity contribution in [2.24, 2.45) is 0 Å². The van der Waals surface area contributed by atoms with Gasteiger partial charge in [0.15, 0.2) is 0 Å². The van der Waals surface area contributed by atoms with Crippen molar-refractivity contribution in [3.05, 3.63) is 96.2 Å². The molecule has 3 rings (SSSR count). The number of fused-ring (bicyclic) bond motifs is 1. The Balaban J connectivity index is 1.59. The van der Waals surface area contributed by atoms with Crippen LogP contribution in [0.3, 0.4) is 0 Å². The Morgan fingerprint density at radius 1 is 0.750 bits per heavy atom. The monoisotopic (exact) mass is 312 g/mol. The number of para-hydroxylation sites is 1. The summed E-state index contributed by atoms with van der Waals surface area (Å²) in [6.45, 7) is 0. The van der Waals surface area contributed by atoms with Gasteiger partial charge in [-0.3, -0.25) is 0 Å². The van der Waals surface area contributed by atoms with Crippen LogP contribution in [0.5, 0.6) is 0 Å². The van der Waals surface area contributed by atoms with Crippen LogP contribution in [0.1, 0.15) is 11.3 Å². The maximum Gasteiger partial charge on any atom is 0.0709 e. The zero-order valence-electron chi connectivity index (χ0n) is 13.7. The first-order chi connectivity index (χ1) is 11.8. The number of hydrogen-bond acceptors (Lipinski definition) is 2. The molecule has 0 radical (unpaired) electrons. The normalized spacial score (nSPS) is 11.9. The van der Waals surface area contributed by atoms with Crippen LogP contribution in [-0.2, 0) is 0 Å². The van der Waals surface area contributed by atoms with Crippen molar-refractivity contribution in [1.82, 2.24) is 4.98 Å².